The van der Waals surface area contributed by atoms with Crippen LogP contribution in [0.4, 0.5) is 23.8 Å². The molecule has 0 radical (unpaired) electrons. The van der Waals surface area contributed by atoms with E-state index in [0.717, 1.165) is 4.90 Å². The Hall–Kier alpha value is -1.70. The molecule has 9 heteroatoms. The molecule has 1 aliphatic rings. The first-order chi connectivity index (χ1) is 9.38. The summed E-state index contributed by atoms with van der Waals surface area (Å²) in [5.41, 5.74) is 0. The highest BCUT2D eigenvalue weighted by molar-refractivity contribution is 5.85. The zero-order valence-corrected chi connectivity index (χ0v) is 11.7. The molecular formula is C12H15ClF3N3O2. The summed E-state index contributed by atoms with van der Waals surface area (Å²) in [5, 5.41) is 11.9. The van der Waals surface area contributed by atoms with Crippen molar-refractivity contribution >= 4 is 24.3 Å². The standard InChI is InChI=1S/C12H14F3N3O2.ClH/c13-12(14,15)8-4-5-10(18(7-8)11(19)20)17-9-3-1-2-6-16-9;/h1-3,6,8,10H,4-5,7H2,(H,16,17)(H,19,20);1H. The third-order valence-corrected chi connectivity index (χ3v) is 3.27. The Morgan fingerprint density at radius 1 is 1.38 bits per heavy atom. The average molecular weight is 326 g/mol. The number of halogens is 4. The number of piperidine rings is 1. The lowest BCUT2D eigenvalue weighted by Gasteiger charge is -2.38. The molecule has 0 aliphatic carbocycles. The summed E-state index contributed by atoms with van der Waals surface area (Å²) >= 11 is 0. The van der Waals surface area contributed by atoms with Gasteiger partial charge in [0.25, 0.3) is 0 Å². The number of amides is 1. The molecule has 118 valence electrons. The van der Waals surface area contributed by atoms with E-state index in [1.807, 2.05) is 0 Å². The molecule has 1 saturated heterocycles. The molecule has 0 aromatic carbocycles. The van der Waals surface area contributed by atoms with Gasteiger partial charge in [-0.05, 0) is 25.0 Å². The molecule has 0 spiro atoms. The summed E-state index contributed by atoms with van der Waals surface area (Å²) in [6.45, 7) is -0.552. The van der Waals surface area contributed by atoms with Gasteiger partial charge >= 0.3 is 12.3 Å². The lowest BCUT2D eigenvalue weighted by atomic mass is 9.95. The third kappa shape index (κ3) is 4.38. The Balaban J connectivity index is 0.00000220. The SMILES string of the molecule is Cl.O=C(O)N1CC(C(F)(F)F)CCC1Nc1ccccn1. The van der Waals surface area contributed by atoms with E-state index in [0.29, 0.717) is 5.82 Å². The van der Waals surface area contributed by atoms with Crippen LogP contribution in [-0.2, 0) is 0 Å². The van der Waals surface area contributed by atoms with Crippen LogP contribution in [0.15, 0.2) is 24.4 Å². The van der Waals surface area contributed by atoms with Gasteiger partial charge in [0.2, 0.25) is 0 Å². The van der Waals surface area contributed by atoms with Crippen molar-refractivity contribution < 1.29 is 23.1 Å². The van der Waals surface area contributed by atoms with Gasteiger partial charge < -0.3 is 10.4 Å². The number of hydrogen-bond acceptors (Lipinski definition) is 3. The molecule has 1 aromatic rings. The smallest absolute Gasteiger partial charge is 0.408 e. The molecule has 2 unspecified atom stereocenters. The molecule has 1 aromatic heterocycles. The van der Waals surface area contributed by atoms with Gasteiger partial charge in [0.1, 0.15) is 12.0 Å². The fourth-order valence-corrected chi connectivity index (χ4v) is 2.22. The average Bonchev–Trinajstić information content (AvgIpc) is 2.38. The normalized spacial score (nSPS) is 22.3. The number of nitrogens with zero attached hydrogens (tertiary/aromatic N) is 2. The molecule has 1 amide bonds. The maximum Gasteiger partial charge on any atom is 0.408 e. The third-order valence-electron chi connectivity index (χ3n) is 3.27. The van der Waals surface area contributed by atoms with Crippen LogP contribution in [0.25, 0.3) is 0 Å². The molecule has 2 N–H and O–H groups in total. The molecule has 2 atom stereocenters. The first kappa shape index (κ1) is 17.4. The van der Waals surface area contributed by atoms with Gasteiger partial charge in [-0.3, -0.25) is 4.90 Å². The molecule has 5 nitrogen and oxygen atoms in total. The first-order valence-electron chi connectivity index (χ1n) is 6.12. The monoisotopic (exact) mass is 325 g/mol. The maximum absolute atomic E-state index is 12.7. The second-order valence-electron chi connectivity index (χ2n) is 4.63. The number of aromatic nitrogens is 1. The summed E-state index contributed by atoms with van der Waals surface area (Å²) < 4.78 is 38.0. The predicted octanol–water partition coefficient (Wildman–Crippen LogP) is 3.19. The van der Waals surface area contributed by atoms with Crippen molar-refractivity contribution in [2.45, 2.75) is 25.2 Å². The number of anilines is 1. The van der Waals surface area contributed by atoms with E-state index in [1.165, 1.54) is 6.20 Å². The number of likely N-dealkylation sites (tertiary alicyclic amines) is 1. The fourth-order valence-electron chi connectivity index (χ4n) is 2.22. The van der Waals surface area contributed by atoms with Gasteiger partial charge in [-0.25, -0.2) is 9.78 Å². The van der Waals surface area contributed by atoms with Crippen molar-refractivity contribution in [1.29, 1.82) is 0 Å². The van der Waals surface area contributed by atoms with Gasteiger partial charge in [-0.2, -0.15) is 13.2 Å². The van der Waals surface area contributed by atoms with Crippen LogP contribution in [0.3, 0.4) is 0 Å². The van der Waals surface area contributed by atoms with E-state index >= 15 is 0 Å². The predicted molar refractivity (Wildman–Crippen MR) is 72.4 cm³/mol. The highest BCUT2D eigenvalue weighted by Crippen LogP contribution is 2.35. The maximum atomic E-state index is 12.7. The summed E-state index contributed by atoms with van der Waals surface area (Å²) in [4.78, 5) is 15.9. The highest BCUT2D eigenvalue weighted by Gasteiger charge is 2.45. The number of carboxylic acid groups (broad SMARTS) is 1. The van der Waals surface area contributed by atoms with Gasteiger partial charge in [0.05, 0.1) is 5.92 Å². The second kappa shape index (κ2) is 6.84. The lowest BCUT2D eigenvalue weighted by molar-refractivity contribution is -0.187. The van der Waals surface area contributed by atoms with E-state index < -0.39 is 30.9 Å². The van der Waals surface area contributed by atoms with E-state index in [1.54, 1.807) is 18.2 Å². The van der Waals surface area contributed by atoms with Crippen molar-refractivity contribution in [2.75, 3.05) is 11.9 Å². The Bertz CT molecular complexity index is 473. The van der Waals surface area contributed by atoms with Crippen molar-refractivity contribution in [3.63, 3.8) is 0 Å². The minimum Gasteiger partial charge on any atom is -0.465 e. The molecule has 21 heavy (non-hydrogen) atoms. The van der Waals surface area contributed by atoms with Crippen LogP contribution in [0.1, 0.15) is 12.8 Å². The fraction of sp³-hybridized carbons (Fsp3) is 0.500. The van der Waals surface area contributed by atoms with Crippen molar-refractivity contribution in [1.82, 2.24) is 9.88 Å². The molecule has 1 fully saturated rings. The molecule has 0 bridgehead atoms. The number of nitrogens with one attached hydrogen (secondary N) is 1. The largest absolute Gasteiger partial charge is 0.465 e. The second-order valence-corrected chi connectivity index (χ2v) is 4.63. The lowest BCUT2D eigenvalue weighted by Crippen LogP contribution is -2.52. The number of alkyl halides is 3. The highest BCUT2D eigenvalue weighted by atomic mass is 35.5. The Labute approximate surface area is 125 Å². The summed E-state index contributed by atoms with van der Waals surface area (Å²) in [6.07, 6.45) is -4.92. The molecule has 0 saturated carbocycles. The summed E-state index contributed by atoms with van der Waals surface area (Å²) in [7, 11) is 0. The number of pyridine rings is 1. The van der Waals surface area contributed by atoms with Gasteiger partial charge in [-0.15, -0.1) is 12.4 Å². The number of hydrogen-bond donors (Lipinski definition) is 2. The molecule has 2 rings (SSSR count). The minimum absolute atomic E-state index is 0. The zero-order valence-electron chi connectivity index (χ0n) is 10.9. The minimum atomic E-state index is -4.37. The number of rotatable bonds is 2. The molecule has 1 aliphatic heterocycles. The zero-order chi connectivity index (χ0) is 14.8. The van der Waals surface area contributed by atoms with Gasteiger partial charge in [0.15, 0.2) is 0 Å². The summed E-state index contributed by atoms with van der Waals surface area (Å²) in [6, 6.07) is 5.04. The quantitative estimate of drug-likeness (QED) is 0.876. The van der Waals surface area contributed by atoms with Crippen LogP contribution in [0, 0.1) is 5.92 Å². The van der Waals surface area contributed by atoms with Crippen molar-refractivity contribution in [3.8, 4) is 0 Å². The Morgan fingerprint density at radius 3 is 2.62 bits per heavy atom. The van der Waals surface area contributed by atoms with Crippen molar-refractivity contribution in [3.05, 3.63) is 24.4 Å². The Kier molecular flexibility index (Phi) is 5.65. The van der Waals surface area contributed by atoms with Gasteiger partial charge in [0, 0.05) is 12.7 Å². The topological polar surface area (TPSA) is 65.5 Å². The van der Waals surface area contributed by atoms with E-state index in [-0.39, 0.29) is 25.2 Å². The molecule has 2 heterocycles. The summed E-state index contributed by atoms with van der Waals surface area (Å²) in [5.74, 6) is -1.17. The number of carbonyl (C=O) groups is 1. The van der Waals surface area contributed by atoms with Crippen LogP contribution < -0.4 is 5.32 Å². The first-order valence-corrected chi connectivity index (χ1v) is 6.12. The molecular weight excluding hydrogens is 311 g/mol. The van der Waals surface area contributed by atoms with Crippen molar-refractivity contribution in [2.24, 2.45) is 5.92 Å². The van der Waals surface area contributed by atoms with Crippen LogP contribution in [0.2, 0.25) is 0 Å². The van der Waals surface area contributed by atoms with E-state index in [9.17, 15) is 18.0 Å². The van der Waals surface area contributed by atoms with Crippen LogP contribution in [-0.4, -0.2) is 40.0 Å². The van der Waals surface area contributed by atoms with Crippen LogP contribution in [0.5, 0.6) is 0 Å². The van der Waals surface area contributed by atoms with E-state index in [4.69, 9.17) is 5.11 Å². The van der Waals surface area contributed by atoms with Gasteiger partial charge in [-0.1, -0.05) is 6.07 Å². The Morgan fingerprint density at radius 2 is 2.10 bits per heavy atom. The van der Waals surface area contributed by atoms with Crippen LogP contribution >= 0.6 is 12.4 Å². The van der Waals surface area contributed by atoms with E-state index in [2.05, 4.69) is 10.3 Å².